The van der Waals surface area contributed by atoms with E-state index in [0.29, 0.717) is 11.3 Å². The summed E-state index contributed by atoms with van der Waals surface area (Å²) in [5.41, 5.74) is 4.83. The highest BCUT2D eigenvalue weighted by Crippen LogP contribution is 2.21. The molecule has 35 heavy (non-hydrogen) atoms. The smallest absolute Gasteiger partial charge is 0.270 e. The van der Waals surface area contributed by atoms with Crippen LogP contribution in [0.25, 0.3) is 0 Å². The fraction of sp³-hybridized carbons (Fsp3) is 0.130. The summed E-state index contributed by atoms with van der Waals surface area (Å²) in [6, 6.07) is 16.4. The van der Waals surface area contributed by atoms with Crippen molar-refractivity contribution in [3.63, 3.8) is 0 Å². The Morgan fingerprint density at radius 1 is 0.886 bits per heavy atom. The van der Waals surface area contributed by atoms with E-state index in [9.17, 15) is 28.1 Å². The van der Waals surface area contributed by atoms with Crippen molar-refractivity contribution in [1.82, 2.24) is 10.9 Å². The highest BCUT2D eigenvalue weighted by atomic mass is 32.2. The van der Waals surface area contributed by atoms with Gasteiger partial charge in [0.15, 0.2) is 0 Å². The minimum absolute atomic E-state index is 0.00422. The van der Waals surface area contributed by atoms with Gasteiger partial charge < -0.3 is 4.74 Å². The zero-order valence-corrected chi connectivity index (χ0v) is 19.5. The summed E-state index contributed by atoms with van der Waals surface area (Å²) < 4.78 is 32.8. The summed E-state index contributed by atoms with van der Waals surface area (Å²) >= 11 is 0. The molecule has 3 N–H and O–H groups in total. The van der Waals surface area contributed by atoms with Gasteiger partial charge in [-0.05, 0) is 68.4 Å². The van der Waals surface area contributed by atoms with Crippen molar-refractivity contribution < 1.29 is 27.7 Å². The number of hydrogen-bond donors (Lipinski definition) is 3. The molecule has 0 aromatic heterocycles. The van der Waals surface area contributed by atoms with E-state index in [1.807, 2.05) is 13.8 Å². The number of benzene rings is 3. The van der Waals surface area contributed by atoms with Crippen LogP contribution in [0.15, 0.2) is 77.7 Å². The molecule has 182 valence electrons. The molecule has 0 atom stereocenters. The van der Waals surface area contributed by atoms with Crippen molar-refractivity contribution in [3.8, 4) is 5.75 Å². The molecule has 0 saturated heterocycles. The van der Waals surface area contributed by atoms with Crippen molar-refractivity contribution in [2.75, 3.05) is 4.72 Å². The molecule has 11 nitrogen and oxygen atoms in total. The molecule has 3 aromatic rings. The van der Waals surface area contributed by atoms with Crippen LogP contribution in [0, 0.1) is 10.1 Å². The van der Waals surface area contributed by atoms with Gasteiger partial charge in [0.1, 0.15) is 5.75 Å². The van der Waals surface area contributed by atoms with Gasteiger partial charge in [0.25, 0.3) is 27.5 Å². The summed E-state index contributed by atoms with van der Waals surface area (Å²) in [5.74, 6) is -0.538. The maximum atomic E-state index is 12.5. The second-order valence-electron chi connectivity index (χ2n) is 7.54. The predicted octanol–water partition coefficient (Wildman–Crippen LogP) is 3.26. The van der Waals surface area contributed by atoms with Crippen molar-refractivity contribution in [3.05, 3.63) is 94.0 Å². The Morgan fingerprint density at radius 3 is 1.94 bits per heavy atom. The molecule has 0 aliphatic carbocycles. The Bertz CT molecular complexity index is 1340. The van der Waals surface area contributed by atoms with E-state index >= 15 is 0 Å². The van der Waals surface area contributed by atoms with E-state index in [4.69, 9.17) is 4.74 Å². The average Bonchev–Trinajstić information content (AvgIpc) is 2.82. The SMILES string of the molecule is CC(C)Oc1ccc(C(=O)NNC(=O)c2ccc(NS(=O)(=O)c3cccc([N+](=O)[O-])c3)cc2)cc1. The van der Waals surface area contributed by atoms with Crippen molar-refractivity contribution in [2.45, 2.75) is 24.8 Å². The molecule has 0 bridgehead atoms. The van der Waals surface area contributed by atoms with Crippen LogP contribution in [0.1, 0.15) is 34.6 Å². The van der Waals surface area contributed by atoms with Gasteiger partial charge in [-0.25, -0.2) is 8.42 Å². The summed E-state index contributed by atoms with van der Waals surface area (Å²) in [7, 11) is -4.09. The molecule has 3 rings (SSSR count). The first-order chi connectivity index (χ1) is 16.5. The Morgan fingerprint density at radius 2 is 1.43 bits per heavy atom. The van der Waals surface area contributed by atoms with Crippen LogP contribution in [0.2, 0.25) is 0 Å². The Kier molecular flexibility index (Phi) is 7.66. The number of carbonyl (C=O) groups is 2. The van der Waals surface area contributed by atoms with Crippen LogP contribution in [0.3, 0.4) is 0 Å². The third kappa shape index (κ3) is 6.77. The highest BCUT2D eigenvalue weighted by molar-refractivity contribution is 7.92. The van der Waals surface area contributed by atoms with Gasteiger partial charge in [-0.1, -0.05) is 6.07 Å². The van der Waals surface area contributed by atoms with Crippen molar-refractivity contribution in [1.29, 1.82) is 0 Å². The number of carbonyl (C=O) groups excluding carboxylic acids is 2. The number of amides is 2. The van der Waals surface area contributed by atoms with Gasteiger partial charge >= 0.3 is 0 Å². The molecular weight excluding hydrogens is 476 g/mol. The maximum absolute atomic E-state index is 12.5. The van der Waals surface area contributed by atoms with Crippen molar-refractivity contribution >= 4 is 33.2 Å². The van der Waals surface area contributed by atoms with Crippen LogP contribution >= 0.6 is 0 Å². The third-order valence-electron chi connectivity index (χ3n) is 4.52. The van der Waals surface area contributed by atoms with E-state index in [0.717, 1.165) is 6.07 Å². The Hall–Kier alpha value is -4.45. The summed E-state index contributed by atoms with van der Waals surface area (Å²) in [6.07, 6.45) is -0.00422. The van der Waals surface area contributed by atoms with Gasteiger partial charge in [-0.15, -0.1) is 0 Å². The number of nitro groups is 1. The fourth-order valence-electron chi connectivity index (χ4n) is 2.88. The zero-order chi connectivity index (χ0) is 25.6. The summed E-state index contributed by atoms with van der Waals surface area (Å²) in [6.45, 7) is 3.77. The maximum Gasteiger partial charge on any atom is 0.270 e. The third-order valence-corrected chi connectivity index (χ3v) is 5.89. The van der Waals surface area contributed by atoms with Gasteiger partial charge in [-0.2, -0.15) is 0 Å². The Labute approximate surface area is 201 Å². The lowest BCUT2D eigenvalue weighted by molar-refractivity contribution is -0.385. The molecule has 0 heterocycles. The number of sulfonamides is 1. The monoisotopic (exact) mass is 498 g/mol. The lowest BCUT2D eigenvalue weighted by Gasteiger charge is -2.11. The lowest BCUT2D eigenvalue weighted by atomic mass is 10.2. The van der Waals surface area contributed by atoms with Crippen LogP contribution in [-0.4, -0.2) is 31.3 Å². The van der Waals surface area contributed by atoms with E-state index < -0.39 is 26.8 Å². The molecule has 0 radical (unpaired) electrons. The molecule has 12 heteroatoms. The van der Waals surface area contributed by atoms with Gasteiger partial charge in [0.05, 0.1) is 15.9 Å². The number of ether oxygens (including phenoxy) is 1. The molecule has 0 unspecified atom stereocenters. The number of non-ortho nitro benzene ring substituents is 1. The summed E-state index contributed by atoms with van der Waals surface area (Å²) in [5, 5.41) is 10.9. The van der Waals surface area contributed by atoms with E-state index in [1.165, 1.54) is 42.5 Å². The van der Waals surface area contributed by atoms with Crippen LogP contribution in [0.4, 0.5) is 11.4 Å². The molecule has 3 aromatic carbocycles. The Balaban J connectivity index is 1.59. The number of hydrogen-bond acceptors (Lipinski definition) is 7. The van der Waals surface area contributed by atoms with Crippen LogP contribution in [-0.2, 0) is 10.0 Å². The molecule has 0 saturated carbocycles. The lowest BCUT2D eigenvalue weighted by Crippen LogP contribution is -2.41. The number of nitrogens with zero attached hydrogens (tertiary/aromatic N) is 1. The van der Waals surface area contributed by atoms with Crippen LogP contribution in [0.5, 0.6) is 5.75 Å². The molecule has 0 spiro atoms. The first-order valence-corrected chi connectivity index (χ1v) is 11.8. The first-order valence-electron chi connectivity index (χ1n) is 10.3. The standard InChI is InChI=1S/C23H22N4O7S/c1-15(2)34-20-12-8-17(9-13-20)23(29)25-24-22(28)16-6-10-18(11-7-16)26-35(32,33)21-5-3-4-19(14-21)27(30)31/h3-15,26H,1-2H3,(H,24,28)(H,25,29). The quantitative estimate of drug-likeness (QED) is 0.318. The number of rotatable bonds is 8. The normalized spacial score (nSPS) is 10.9. The fourth-order valence-corrected chi connectivity index (χ4v) is 3.98. The first kappa shape index (κ1) is 25.2. The average molecular weight is 499 g/mol. The zero-order valence-electron chi connectivity index (χ0n) is 18.7. The minimum Gasteiger partial charge on any atom is -0.491 e. The topological polar surface area (TPSA) is 157 Å². The highest BCUT2D eigenvalue weighted by Gasteiger charge is 2.18. The van der Waals surface area contributed by atoms with Gasteiger partial charge in [0, 0.05) is 28.9 Å². The largest absolute Gasteiger partial charge is 0.491 e. The number of nitro benzene ring substituents is 1. The molecule has 0 fully saturated rings. The van der Waals surface area contributed by atoms with E-state index in [-0.39, 0.29) is 27.9 Å². The van der Waals surface area contributed by atoms with Crippen LogP contribution < -0.4 is 20.3 Å². The number of anilines is 1. The molecule has 2 amide bonds. The van der Waals surface area contributed by atoms with Crippen molar-refractivity contribution in [2.24, 2.45) is 0 Å². The molecular formula is C23H22N4O7S. The molecule has 0 aliphatic rings. The van der Waals surface area contributed by atoms with Gasteiger partial charge in [0.2, 0.25) is 0 Å². The minimum atomic E-state index is -4.09. The second kappa shape index (κ2) is 10.7. The second-order valence-corrected chi connectivity index (χ2v) is 9.22. The van der Waals surface area contributed by atoms with Gasteiger partial charge in [-0.3, -0.25) is 35.3 Å². The predicted molar refractivity (Wildman–Crippen MR) is 127 cm³/mol. The number of hydrazine groups is 1. The van der Waals surface area contributed by atoms with E-state index in [2.05, 4.69) is 15.6 Å². The molecule has 0 aliphatic heterocycles. The number of nitrogens with one attached hydrogen (secondary N) is 3. The summed E-state index contributed by atoms with van der Waals surface area (Å²) in [4.78, 5) is 34.5. The van der Waals surface area contributed by atoms with E-state index in [1.54, 1.807) is 24.3 Å².